The standard InChI is InChI=1S/C17H21N3O/c1-13-6-8-14(9-7-13)16(18)17(21)20(2)12-10-15-5-3-4-11-19-15/h3-9,11,16H,10,12,18H2,1-2H3. The quantitative estimate of drug-likeness (QED) is 0.914. The number of likely N-dealkylation sites (N-methyl/N-ethyl adjacent to an activating group) is 1. The van der Waals surface area contributed by atoms with Crippen molar-refractivity contribution >= 4 is 5.91 Å². The molecule has 1 aromatic carbocycles. The fourth-order valence-electron chi connectivity index (χ4n) is 2.09. The maximum Gasteiger partial charge on any atom is 0.243 e. The number of hydrogen-bond acceptors (Lipinski definition) is 3. The second-order valence-electron chi connectivity index (χ2n) is 5.22. The van der Waals surface area contributed by atoms with Crippen LogP contribution >= 0.6 is 0 Å². The van der Waals surface area contributed by atoms with Crippen molar-refractivity contribution in [1.29, 1.82) is 0 Å². The van der Waals surface area contributed by atoms with Gasteiger partial charge < -0.3 is 10.6 Å². The summed E-state index contributed by atoms with van der Waals surface area (Å²) in [6.07, 6.45) is 2.49. The molecule has 4 nitrogen and oxygen atoms in total. The second kappa shape index (κ2) is 6.99. The van der Waals surface area contributed by atoms with Crippen LogP contribution in [0.25, 0.3) is 0 Å². The van der Waals surface area contributed by atoms with E-state index in [4.69, 9.17) is 5.73 Å². The van der Waals surface area contributed by atoms with Gasteiger partial charge in [-0.2, -0.15) is 0 Å². The lowest BCUT2D eigenvalue weighted by Crippen LogP contribution is -2.37. The third kappa shape index (κ3) is 4.13. The minimum atomic E-state index is -0.612. The first-order valence-electron chi connectivity index (χ1n) is 7.05. The maximum absolute atomic E-state index is 12.3. The second-order valence-corrected chi connectivity index (χ2v) is 5.22. The Morgan fingerprint density at radius 1 is 1.24 bits per heavy atom. The van der Waals surface area contributed by atoms with Gasteiger partial charge in [-0.05, 0) is 24.6 Å². The first-order chi connectivity index (χ1) is 10.1. The van der Waals surface area contributed by atoms with E-state index in [9.17, 15) is 4.79 Å². The number of rotatable bonds is 5. The Balaban J connectivity index is 1.94. The first kappa shape index (κ1) is 15.2. The van der Waals surface area contributed by atoms with Crippen molar-refractivity contribution < 1.29 is 4.79 Å². The van der Waals surface area contributed by atoms with Gasteiger partial charge in [-0.1, -0.05) is 35.9 Å². The van der Waals surface area contributed by atoms with Gasteiger partial charge in [-0.3, -0.25) is 9.78 Å². The number of carbonyl (C=O) groups excluding carboxylic acids is 1. The Hall–Kier alpha value is -2.20. The molecule has 2 rings (SSSR count). The van der Waals surface area contributed by atoms with Gasteiger partial charge in [0.1, 0.15) is 6.04 Å². The molecule has 2 N–H and O–H groups in total. The molecule has 0 saturated heterocycles. The van der Waals surface area contributed by atoms with Gasteiger partial charge in [0.05, 0.1) is 0 Å². The van der Waals surface area contributed by atoms with Crippen molar-refractivity contribution in [3.05, 3.63) is 65.5 Å². The molecular formula is C17H21N3O. The molecule has 0 spiro atoms. The molecule has 110 valence electrons. The van der Waals surface area contributed by atoms with E-state index in [0.717, 1.165) is 23.2 Å². The van der Waals surface area contributed by atoms with Crippen LogP contribution < -0.4 is 5.73 Å². The molecule has 1 atom stereocenters. The first-order valence-corrected chi connectivity index (χ1v) is 7.05. The zero-order valence-corrected chi connectivity index (χ0v) is 12.5. The third-order valence-electron chi connectivity index (χ3n) is 3.51. The van der Waals surface area contributed by atoms with E-state index in [2.05, 4.69) is 4.98 Å². The Bertz CT molecular complexity index is 581. The summed E-state index contributed by atoms with van der Waals surface area (Å²) >= 11 is 0. The van der Waals surface area contributed by atoms with Crippen LogP contribution in [-0.2, 0) is 11.2 Å². The maximum atomic E-state index is 12.3. The van der Waals surface area contributed by atoms with E-state index in [1.54, 1.807) is 18.1 Å². The molecule has 2 aromatic rings. The van der Waals surface area contributed by atoms with Gasteiger partial charge in [0, 0.05) is 31.9 Å². The predicted octanol–water partition coefficient (Wildman–Crippen LogP) is 2.09. The molecule has 1 aromatic heterocycles. The lowest BCUT2D eigenvalue weighted by Gasteiger charge is -2.21. The summed E-state index contributed by atoms with van der Waals surface area (Å²) < 4.78 is 0. The number of pyridine rings is 1. The topological polar surface area (TPSA) is 59.2 Å². The summed E-state index contributed by atoms with van der Waals surface area (Å²) in [6.45, 7) is 2.62. The van der Waals surface area contributed by atoms with Crippen LogP contribution in [0.15, 0.2) is 48.7 Å². The van der Waals surface area contributed by atoms with Crippen molar-refractivity contribution in [2.45, 2.75) is 19.4 Å². The fraction of sp³-hybridized carbons (Fsp3) is 0.294. The molecule has 0 aliphatic rings. The van der Waals surface area contributed by atoms with Crippen LogP contribution in [0.3, 0.4) is 0 Å². The molecule has 1 amide bonds. The molecule has 21 heavy (non-hydrogen) atoms. The summed E-state index contributed by atoms with van der Waals surface area (Å²) in [6, 6.07) is 12.9. The van der Waals surface area contributed by atoms with Crippen molar-refractivity contribution in [2.24, 2.45) is 5.73 Å². The molecule has 0 bridgehead atoms. The summed E-state index contributed by atoms with van der Waals surface area (Å²) in [5, 5.41) is 0. The summed E-state index contributed by atoms with van der Waals surface area (Å²) in [5.41, 5.74) is 9.02. The minimum absolute atomic E-state index is 0.0743. The molecule has 0 fully saturated rings. The van der Waals surface area contributed by atoms with Gasteiger partial charge in [-0.15, -0.1) is 0 Å². The lowest BCUT2D eigenvalue weighted by molar-refractivity contribution is -0.131. The molecular weight excluding hydrogens is 262 g/mol. The van der Waals surface area contributed by atoms with E-state index in [1.165, 1.54) is 0 Å². The van der Waals surface area contributed by atoms with E-state index in [1.807, 2.05) is 49.4 Å². The highest BCUT2D eigenvalue weighted by Crippen LogP contribution is 2.14. The van der Waals surface area contributed by atoms with Crippen molar-refractivity contribution in [2.75, 3.05) is 13.6 Å². The van der Waals surface area contributed by atoms with E-state index in [0.29, 0.717) is 6.54 Å². The highest BCUT2D eigenvalue weighted by Gasteiger charge is 2.19. The van der Waals surface area contributed by atoms with Crippen LogP contribution in [0.2, 0.25) is 0 Å². The SMILES string of the molecule is Cc1ccc(C(N)C(=O)N(C)CCc2ccccn2)cc1. The highest BCUT2D eigenvalue weighted by atomic mass is 16.2. The molecule has 1 heterocycles. The third-order valence-corrected chi connectivity index (χ3v) is 3.51. The van der Waals surface area contributed by atoms with Crippen LogP contribution in [0.4, 0.5) is 0 Å². The molecule has 0 saturated carbocycles. The van der Waals surface area contributed by atoms with Gasteiger partial charge >= 0.3 is 0 Å². The summed E-state index contributed by atoms with van der Waals surface area (Å²) in [4.78, 5) is 18.2. The molecule has 0 aliphatic carbocycles. The Kier molecular flexibility index (Phi) is 5.06. The zero-order valence-electron chi connectivity index (χ0n) is 12.5. The number of amides is 1. The number of aromatic nitrogens is 1. The Labute approximate surface area is 125 Å². The molecule has 1 unspecified atom stereocenters. The van der Waals surface area contributed by atoms with Gasteiger partial charge in [-0.25, -0.2) is 0 Å². The van der Waals surface area contributed by atoms with Gasteiger partial charge in [0.25, 0.3) is 0 Å². The smallest absolute Gasteiger partial charge is 0.243 e. The van der Waals surface area contributed by atoms with Gasteiger partial charge in [0.2, 0.25) is 5.91 Å². The van der Waals surface area contributed by atoms with Gasteiger partial charge in [0.15, 0.2) is 0 Å². The Morgan fingerprint density at radius 2 is 1.95 bits per heavy atom. The average molecular weight is 283 g/mol. The molecule has 0 radical (unpaired) electrons. The summed E-state index contributed by atoms with van der Waals surface area (Å²) in [7, 11) is 1.78. The van der Waals surface area contributed by atoms with E-state index >= 15 is 0 Å². The Morgan fingerprint density at radius 3 is 2.57 bits per heavy atom. The number of carbonyl (C=O) groups is 1. The molecule has 0 aliphatic heterocycles. The van der Waals surface area contributed by atoms with Crippen LogP contribution in [0.5, 0.6) is 0 Å². The fourth-order valence-corrected chi connectivity index (χ4v) is 2.09. The largest absolute Gasteiger partial charge is 0.344 e. The van der Waals surface area contributed by atoms with Crippen LogP contribution in [-0.4, -0.2) is 29.4 Å². The number of nitrogens with zero attached hydrogens (tertiary/aromatic N) is 2. The van der Waals surface area contributed by atoms with Crippen LogP contribution in [0.1, 0.15) is 22.9 Å². The van der Waals surface area contributed by atoms with Crippen molar-refractivity contribution in [1.82, 2.24) is 9.88 Å². The minimum Gasteiger partial charge on any atom is -0.344 e. The number of nitrogens with two attached hydrogens (primary N) is 1. The van der Waals surface area contributed by atoms with E-state index in [-0.39, 0.29) is 5.91 Å². The van der Waals surface area contributed by atoms with Crippen molar-refractivity contribution in [3.63, 3.8) is 0 Å². The van der Waals surface area contributed by atoms with E-state index < -0.39 is 6.04 Å². The number of aryl methyl sites for hydroxylation is 1. The molecule has 4 heteroatoms. The van der Waals surface area contributed by atoms with Crippen molar-refractivity contribution in [3.8, 4) is 0 Å². The highest BCUT2D eigenvalue weighted by molar-refractivity contribution is 5.82. The normalized spacial score (nSPS) is 12.0. The summed E-state index contributed by atoms with van der Waals surface area (Å²) in [5.74, 6) is -0.0743. The lowest BCUT2D eigenvalue weighted by atomic mass is 10.0. The average Bonchev–Trinajstić information content (AvgIpc) is 2.53. The van der Waals surface area contributed by atoms with Crippen LogP contribution in [0, 0.1) is 6.92 Å². The number of benzene rings is 1. The predicted molar refractivity (Wildman–Crippen MR) is 83.7 cm³/mol. The zero-order chi connectivity index (χ0) is 15.2. The monoisotopic (exact) mass is 283 g/mol. The number of hydrogen-bond donors (Lipinski definition) is 1.